The van der Waals surface area contributed by atoms with Crippen LogP contribution in [-0.4, -0.2) is 20.1 Å². The fourth-order valence-electron chi connectivity index (χ4n) is 1.94. The number of halogens is 1. The second kappa shape index (κ2) is 6.26. The molecule has 2 aromatic carbocycles. The van der Waals surface area contributed by atoms with Gasteiger partial charge in [0.2, 0.25) is 0 Å². The van der Waals surface area contributed by atoms with Crippen LogP contribution >= 0.6 is 0 Å². The van der Waals surface area contributed by atoms with Crippen molar-refractivity contribution in [3.63, 3.8) is 0 Å². The highest BCUT2D eigenvalue weighted by molar-refractivity contribution is 6.06. The first kappa shape index (κ1) is 14.8. The first-order valence-corrected chi connectivity index (χ1v) is 6.34. The molecule has 2 rings (SSSR count). The lowest BCUT2D eigenvalue weighted by molar-refractivity contribution is 0.102. The summed E-state index contributed by atoms with van der Waals surface area (Å²) in [4.78, 5) is 12.3. The molecule has 110 valence electrons. The summed E-state index contributed by atoms with van der Waals surface area (Å²) in [5, 5.41) is 2.71. The minimum Gasteiger partial charge on any atom is -0.497 e. The van der Waals surface area contributed by atoms with E-state index in [1.165, 1.54) is 26.4 Å². The Bertz CT molecular complexity index is 671. The Morgan fingerprint density at radius 1 is 1.10 bits per heavy atom. The molecule has 4 nitrogen and oxygen atoms in total. The van der Waals surface area contributed by atoms with Crippen LogP contribution in [0.15, 0.2) is 36.4 Å². The van der Waals surface area contributed by atoms with Gasteiger partial charge in [-0.15, -0.1) is 0 Å². The molecule has 0 aliphatic rings. The van der Waals surface area contributed by atoms with Crippen LogP contribution in [0.2, 0.25) is 0 Å². The number of amides is 1. The van der Waals surface area contributed by atoms with E-state index in [0.29, 0.717) is 22.7 Å². The molecular formula is C16H16FNO3. The number of aryl methyl sites for hydroxylation is 1. The lowest BCUT2D eigenvalue weighted by Crippen LogP contribution is -2.14. The molecule has 5 heteroatoms. The fourth-order valence-corrected chi connectivity index (χ4v) is 1.94. The third kappa shape index (κ3) is 3.31. The van der Waals surface area contributed by atoms with Crippen LogP contribution in [0.3, 0.4) is 0 Å². The van der Waals surface area contributed by atoms with Gasteiger partial charge >= 0.3 is 0 Å². The maximum absolute atomic E-state index is 13.3. The molecule has 0 radical (unpaired) electrons. The Labute approximate surface area is 122 Å². The molecule has 0 unspecified atom stereocenters. The normalized spacial score (nSPS) is 10.1. The molecule has 1 N–H and O–H groups in total. The number of benzene rings is 2. The molecule has 1 amide bonds. The van der Waals surface area contributed by atoms with Gasteiger partial charge in [0.15, 0.2) is 0 Å². The molecular weight excluding hydrogens is 273 g/mol. The van der Waals surface area contributed by atoms with E-state index in [2.05, 4.69) is 5.32 Å². The minimum absolute atomic E-state index is 0.278. The van der Waals surface area contributed by atoms with Crippen LogP contribution in [-0.2, 0) is 0 Å². The van der Waals surface area contributed by atoms with Crippen LogP contribution in [0.25, 0.3) is 0 Å². The summed E-state index contributed by atoms with van der Waals surface area (Å²) in [5.41, 5.74) is 1.43. The Kier molecular flexibility index (Phi) is 4.42. The quantitative estimate of drug-likeness (QED) is 0.938. The fraction of sp³-hybridized carbons (Fsp3) is 0.188. The molecule has 21 heavy (non-hydrogen) atoms. The van der Waals surface area contributed by atoms with E-state index < -0.39 is 11.7 Å². The third-order valence-electron chi connectivity index (χ3n) is 3.10. The van der Waals surface area contributed by atoms with Gasteiger partial charge in [0.05, 0.1) is 19.9 Å². The number of methoxy groups -OCH3 is 2. The minimum atomic E-state index is -0.455. The van der Waals surface area contributed by atoms with Crippen molar-refractivity contribution >= 4 is 11.6 Å². The van der Waals surface area contributed by atoms with Crippen molar-refractivity contribution in [3.8, 4) is 11.5 Å². The Morgan fingerprint density at radius 2 is 1.86 bits per heavy atom. The first-order chi connectivity index (χ1) is 10.0. The van der Waals surface area contributed by atoms with E-state index in [0.717, 1.165) is 0 Å². The van der Waals surface area contributed by atoms with Gasteiger partial charge in [-0.05, 0) is 36.8 Å². The molecule has 0 spiro atoms. The van der Waals surface area contributed by atoms with E-state index in [9.17, 15) is 9.18 Å². The largest absolute Gasteiger partial charge is 0.497 e. The van der Waals surface area contributed by atoms with Crippen molar-refractivity contribution in [2.45, 2.75) is 6.92 Å². The van der Waals surface area contributed by atoms with Crippen molar-refractivity contribution in [1.29, 1.82) is 0 Å². The zero-order valence-corrected chi connectivity index (χ0v) is 12.1. The standard InChI is InChI=1S/C16H16FNO3/c1-10-4-5-11(17)8-13(10)16(19)18-14-9-12(20-2)6-7-15(14)21-3/h4-9H,1-3H3,(H,18,19). The molecule has 0 aromatic heterocycles. The predicted octanol–water partition coefficient (Wildman–Crippen LogP) is 3.40. The predicted molar refractivity (Wildman–Crippen MR) is 78.6 cm³/mol. The first-order valence-electron chi connectivity index (χ1n) is 6.34. The van der Waals surface area contributed by atoms with E-state index in [1.54, 1.807) is 31.2 Å². The molecule has 0 aliphatic carbocycles. The summed E-state index contributed by atoms with van der Waals surface area (Å²) in [7, 11) is 3.04. The van der Waals surface area contributed by atoms with Crippen LogP contribution < -0.4 is 14.8 Å². The molecule has 0 heterocycles. The molecule has 0 aliphatic heterocycles. The SMILES string of the molecule is COc1ccc(OC)c(NC(=O)c2cc(F)ccc2C)c1. The third-order valence-corrected chi connectivity index (χ3v) is 3.10. The summed E-state index contributed by atoms with van der Waals surface area (Å²) in [5.74, 6) is 0.224. The van der Waals surface area contributed by atoms with Crippen molar-refractivity contribution in [3.05, 3.63) is 53.3 Å². The topological polar surface area (TPSA) is 47.6 Å². The Morgan fingerprint density at radius 3 is 2.52 bits per heavy atom. The van der Waals surface area contributed by atoms with Gasteiger partial charge in [-0.2, -0.15) is 0 Å². The molecule has 0 saturated heterocycles. The van der Waals surface area contributed by atoms with E-state index in [1.807, 2.05) is 0 Å². The number of hydrogen-bond acceptors (Lipinski definition) is 3. The van der Waals surface area contributed by atoms with E-state index >= 15 is 0 Å². The molecule has 0 atom stereocenters. The zero-order valence-electron chi connectivity index (χ0n) is 12.1. The number of ether oxygens (including phenoxy) is 2. The van der Waals surface area contributed by atoms with Gasteiger partial charge in [0.25, 0.3) is 5.91 Å². The monoisotopic (exact) mass is 289 g/mol. The second-order valence-corrected chi connectivity index (χ2v) is 4.48. The average molecular weight is 289 g/mol. The molecule has 0 bridgehead atoms. The van der Waals surface area contributed by atoms with Gasteiger partial charge in [0.1, 0.15) is 17.3 Å². The highest BCUT2D eigenvalue weighted by Gasteiger charge is 2.13. The number of hydrogen-bond donors (Lipinski definition) is 1. The van der Waals surface area contributed by atoms with Crippen molar-refractivity contribution in [2.24, 2.45) is 0 Å². The van der Waals surface area contributed by atoms with Gasteiger partial charge in [-0.1, -0.05) is 6.07 Å². The van der Waals surface area contributed by atoms with E-state index in [4.69, 9.17) is 9.47 Å². The lowest BCUT2D eigenvalue weighted by atomic mass is 10.1. The number of anilines is 1. The van der Waals surface area contributed by atoms with Gasteiger partial charge < -0.3 is 14.8 Å². The highest BCUT2D eigenvalue weighted by Crippen LogP contribution is 2.29. The van der Waals surface area contributed by atoms with Crippen LogP contribution in [0, 0.1) is 12.7 Å². The summed E-state index contributed by atoms with van der Waals surface area (Å²) in [6.45, 7) is 1.75. The maximum Gasteiger partial charge on any atom is 0.256 e. The number of carbonyl (C=O) groups excluding carboxylic acids is 1. The zero-order chi connectivity index (χ0) is 15.4. The summed E-state index contributed by atoms with van der Waals surface area (Å²) < 4.78 is 23.6. The molecule has 0 saturated carbocycles. The van der Waals surface area contributed by atoms with Crippen molar-refractivity contribution in [2.75, 3.05) is 19.5 Å². The Hall–Kier alpha value is -2.56. The lowest BCUT2D eigenvalue weighted by Gasteiger charge is -2.12. The van der Waals surface area contributed by atoms with Gasteiger partial charge in [0, 0.05) is 11.6 Å². The highest BCUT2D eigenvalue weighted by atomic mass is 19.1. The van der Waals surface area contributed by atoms with Gasteiger partial charge in [-0.25, -0.2) is 4.39 Å². The number of carbonyl (C=O) groups is 1. The number of rotatable bonds is 4. The van der Waals surface area contributed by atoms with Crippen LogP contribution in [0.1, 0.15) is 15.9 Å². The summed E-state index contributed by atoms with van der Waals surface area (Å²) >= 11 is 0. The average Bonchev–Trinajstić information content (AvgIpc) is 2.49. The van der Waals surface area contributed by atoms with Crippen LogP contribution in [0.4, 0.5) is 10.1 Å². The number of nitrogens with one attached hydrogen (secondary N) is 1. The molecule has 0 fully saturated rings. The Balaban J connectivity index is 2.32. The summed E-state index contributed by atoms with van der Waals surface area (Å²) in [6.07, 6.45) is 0. The van der Waals surface area contributed by atoms with Crippen molar-refractivity contribution in [1.82, 2.24) is 0 Å². The van der Waals surface area contributed by atoms with Crippen molar-refractivity contribution < 1.29 is 18.7 Å². The maximum atomic E-state index is 13.3. The smallest absolute Gasteiger partial charge is 0.256 e. The molecule has 2 aromatic rings. The van der Waals surface area contributed by atoms with E-state index in [-0.39, 0.29) is 5.56 Å². The van der Waals surface area contributed by atoms with Crippen LogP contribution in [0.5, 0.6) is 11.5 Å². The van der Waals surface area contributed by atoms with Gasteiger partial charge in [-0.3, -0.25) is 4.79 Å². The summed E-state index contributed by atoms with van der Waals surface area (Å²) in [6, 6.07) is 9.14. The second-order valence-electron chi connectivity index (χ2n) is 4.48.